The Bertz CT molecular complexity index is 807. The predicted molar refractivity (Wildman–Crippen MR) is 102 cm³/mol. The molecule has 1 amide bonds. The highest BCUT2D eigenvalue weighted by Gasteiger charge is 2.31. The molecule has 2 aromatic heterocycles. The second-order valence-electron chi connectivity index (χ2n) is 7.84. The van der Waals surface area contributed by atoms with Crippen molar-refractivity contribution in [3.05, 3.63) is 23.0 Å². The molecule has 1 aliphatic heterocycles. The van der Waals surface area contributed by atoms with Crippen molar-refractivity contribution in [3.8, 4) is 0 Å². The van der Waals surface area contributed by atoms with Crippen LogP contribution in [0, 0.1) is 0 Å². The van der Waals surface area contributed by atoms with Gasteiger partial charge in [-0.05, 0) is 52.1 Å². The third-order valence-electron chi connectivity index (χ3n) is 5.24. The third kappa shape index (κ3) is 4.14. The van der Waals surface area contributed by atoms with Crippen molar-refractivity contribution >= 4 is 17.0 Å². The van der Waals surface area contributed by atoms with Gasteiger partial charge in [0.1, 0.15) is 0 Å². The van der Waals surface area contributed by atoms with Crippen LogP contribution in [0.3, 0.4) is 0 Å². The largest absolute Gasteiger partial charge is 0.379 e. The number of carbonyl (C=O) groups excluding carboxylic acids is 1. The van der Waals surface area contributed by atoms with E-state index in [-0.39, 0.29) is 17.9 Å². The van der Waals surface area contributed by atoms with Gasteiger partial charge in [-0.15, -0.1) is 0 Å². The molecule has 1 saturated heterocycles. The normalized spacial score (nSPS) is 19.9. The molecule has 2 aromatic rings. The maximum absolute atomic E-state index is 13.0. The van der Waals surface area contributed by atoms with E-state index in [1.807, 2.05) is 19.9 Å². The molecule has 0 bridgehead atoms. The number of hydrogen-bond donors (Lipinski definition) is 2. The average Bonchev–Trinajstić information content (AvgIpc) is 3.19. The van der Waals surface area contributed by atoms with Gasteiger partial charge in [0.05, 0.1) is 22.7 Å². The molecule has 0 radical (unpaired) electrons. The van der Waals surface area contributed by atoms with Gasteiger partial charge in [0.25, 0.3) is 11.6 Å². The Morgan fingerprint density at radius 2 is 2.22 bits per heavy atom. The molecule has 4 rings (SSSR count). The monoisotopic (exact) mass is 372 g/mol. The molecule has 1 saturated carbocycles. The molecule has 0 aromatic carbocycles. The average molecular weight is 372 g/mol. The van der Waals surface area contributed by atoms with Crippen molar-refractivity contribution in [3.63, 3.8) is 0 Å². The number of carbonyl (C=O) groups is 1. The summed E-state index contributed by atoms with van der Waals surface area (Å²) < 4.78 is 11.1. The highest BCUT2D eigenvalue weighted by Crippen LogP contribution is 2.41. The minimum absolute atomic E-state index is 0.0794. The smallest absolute Gasteiger partial charge is 0.259 e. The number of nitrogens with one attached hydrogen (secondary N) is 2. The number of rotatable bonds is 8. The number of fused-ring (bicyclic) bond motifs is 1. The molecule has 27 heavy (non-hydrogen) atoms. The lowest BCUT2D eigenvalue weighted by Crippen LogP contribution is -2.26. The lowest BCUT2D eigenvalue weighted by molar-refractivity contribution is 0.0757. The third-order valence-corrected chi connectivity index (χ3v) is 5.24. The van der Waals surface area contributed by atoms with Gasteiger partial charge < -0.3 is 19.9 Å². The van der Waals surface area contributed by atoms with E-state index in [0.29, 0.717) is 30.3 Å². The Hall–Kier alpha value is -1.99. The predicted octanol–water partition coefficient (Wildman–Crippen LogP) is 2.72. The quantitative estimate of drug-likeness (QED) is 0.693. The van der Waals surface area contributed by atoms with Gasteiger partial charge >= 0.3 is 0 Å². The second-order valence-corrected chi connectivity index (χ2v) is 7.84. The van der Waals surface area contributed by atoms with Crippen molar-refractivity contribution in [2.75, 3.05) is 26.2 Å². The van der Waals surface area contributed by atoms with Crippen LogP contribution in [0.5, 0.6) is 0 Å². The van der Waals surface area contributed by atoms with E-state index < -0.39 is 0 Å². The molecule has 7 heteroatoms. The van der Waals surface area contributed by atoms with E-state index in [2.05, 4.69) is 20.8 Å². The summed E-state index contributed by atoms with van der Waals surface area (Å²) in [6.45, 7) is 7.07. The minimum atomic E-state index is -0.0794. The zero-order valence-electron chi connectivity index (χ0n) is 16.1. The van der Waals surface area contributed by atoms with E-state index in [4.69, 9.17) is 9.26 Å². The first-order chi connectivity index (χ1) is 13.1. The second kappa shape index (κ2) is 7.94. The minimum Gasteiger partial charge on any atom is -0.379 e. The van der Waals surface area contributed by atoms with E-state index in [1.165, 1.54) is 0 Å². The van der Waals surface area contributed by atoms with Crippen LogP contribution in [0.1, 0.15) is 73.1 Å². The maximum atomic E-state index is 13.0. The van der Waals surface area contributed by atoms with Gasteiger partial charge in [0.2, 0.25) is 0 Å². The van der Waals surface area contributed by atoms with Crippen LogP contribution in [-0.2, 0) is 4.74 Å². The van der Waals surface area contributed by atoms with Crippen LogP contribution >= 0.6 is 0 Å². The van der Waals surface area contributed by atoms with Crippen molar-refractivity contribution in [2.45, 2.75) is 57.5 Å². The number of amides is 1. The van der Waals surface area contributed by atoms with Gasteiger partial charge in [-0.3, -0.25) is 4.79 Å². The van der Waals surface area contributed by atoms with Crippen LogP contribution in [0.2, 0.25) is 0 Å². The van der Waals surface area contributed by atoms with Crippen LogP contribution in [0.4, 0.5) is 0 Å². The Balaban J connectivity index is 1.56. The summed E-state index contributed by atoms with van der Waals surface area (Å²) in [4.78, 5) is 17.6. The lowest BCUT2D eigenvalue weighted by atomic mass is 9.98. The zero-order chi connectivity index (χ0) is 18.8. The number of nitrogens with zero attached hydrogens (tertiary/aromatic N) is 2. The van der Waals surface area contributed by atoms with E-state index in [1.54, 1.807) is 0 Å². The summed E-state index contributed by atoms with van der Waals surface area (Å²) >= 11 is 0. The van der Waals surface area contributed by atoms with E-state index in [0.717, 1.165) is 55.5 Å². The fraction of sp³-hybridized carbons (Fsp3) is 0.650. The first-order valence-electron chi connectivity index (χ1n) is 10.0. The van der Waals surface area contributed by atoms with Crippen LogP contribution < -0.4 is 10.6 Å². The fourth-order valence-corrected chi connectivity index (χ4v) is 3.61. The summed E-state index contributed by atoms with van der Waals surface area (Å²) in [6.07, 6.45) is 4.25. The molecule has 1 aliphatic carbocycles. The van der Waals surface area contributed by atoms with Gasteiger partial charge in [0, 0.05) is 37.2 Å². The summed E-state index contributed by atoms with van der Waals surface area (Å²) in [6, 6.07) is 1.95. The van der Waals surface area contributed by atoms with E-state index in [9.17, 15) is 4.79 Å². The maximum Gasteiger partial charge on any atom is 0.259 e. The van der Waals surface area contributed by atoms with Crippen molar-refractivity contribution < 1.29 is 14.1 Å². The standard InChI is InChI=1S/C20H28N4O3/c1-12(2)26-9-3-7-22-19(25)15-10-16(13-4-5-13)23-20-17(15)18(24-27-20)14-6-8-21-11-14/h10,12-14,21H,3-9,11H2,1-2H3,(H,22,25). The highest BCUT2D eigenvalue weighted by molar-refractivity contribution is 6.06. The molecule has 1 unspecified atom stereocenters. The first-order valence-corrected chi connectivity index (χ1v) is 10.0. The Morgan fingerprint density at radius 3 is 2.93 bits per heavy atom. The van der Waals surface area contributed by atoms with Crippen molar-refractivity contribution in [1.82, 2.24) is 20.8 Å². The lowest BCUT2D eigenvalue weighted by Gasteiger charge is -2.11. The van der Waals surface area contributed by atoms with Gasteiger partial charge in [-0.25, -0.2) is 4.98 Å². The molecule has 3 heterocycles. The molecular weight excluding hydrogens is 344 g/mol. The summed E-state index contributed by atoms with van der Waals surface area (Å²) in [5.74, 6) is 0.636. The van der Waals surface area contributed by atoms with Crippen LogP contribution in [0.25, 0.3) is 11.1 Å². The molecule has 2 fully saturated rings. The zero-order valence-corrected chi connectivity index (χ0v) is 16.1. The Morgan fingerprint density at radius 1 is 1.37 bits per heavy atom. The molecule has 2 N–H and O–H groups in total. The SMILES string of the molecule is CC(C)OCCCNC(=O)c1cc(C2CC2)nc2onc(C3CCNC3)c12. The fourth-order valence-electron chi connectivity index (χ4n) is 3.61. The number of hydrogen-bond acceptors (Lipinski definition) is 6. The highest BCUT2D eigenvalue weighted by atomic mass is 16.5. The Labute approximate surface area is 159 Å². The number of ether oxygens (including phenoxy) is 1. The van der Waals surface area contributed by atoms with Crippen LogP contribution in [0.15, 0.2) is 10.6 Å². The van der Waals surface area contributed by atoms with E-state index >= 15 is 0 Å². The van der Waals surface area contributed by atoms with Crippen molar-refractivity contribution in [2.24, 2.45) is 0 Å². The van der Waals surface area contributed by atoms with Gasteiger partial charge in [-0.2, -0.15) is 0 Å². The Kier molecular flexibility index (Phi) is 5.41. The van der Waals surface area contributed by atoms with Crippen molar-refractivity contribution in [1.29, 1.82) is 0 Å². The summed E-state index contributed by atoms with van der Waals surface area (Å²) in [7, 11) is 0. The molecule has 2 aliphatic rings. The molecular formula is C20H28N4O3. The molecule has 1 atom stereocenters. The molecule has 0 spiro atoms. The summed E-state index contributed by atoms with van der Waals surface area (Å²) in [5.41, 5.74) is 2.95. The van der Waals surface area contributed by atoms with Gasteiger partial charge in [0.15, 0.2) is 0 Å². The summed E-state index contributed by atoms with van der Waals surface area (Å²) in [5, 5.41) is 11.5. The number of aromatic nitrogens is 2. The van der Waals surface area contributed by atoms with Gasteiger partial charge in [-0.1, -0.05) is 5.16 Å². The first kappa shape index (κ1) is 18.4. The number of pyridine rings is 1. The molecule has 7 nitrogen and oxygen atoms in total. The molecule has 146 valence electrons. The topological polar surface area (TPSA) is 89.3 Å². The van der Waals surface area contributed by atoms with Crippen LogP contribution in [-0.4, -0.2) is 48.4 Å².